The van der Waals surface area contributed by atoms with Gasteiger partial charge in [0.05, 0.1) is 17.9 Å². The third-order valence-corrected chi connectivity index (χ3v) is 4.41. The van der Waals surface area contributed by atoms with Crippen molar-refractivity contribution in [2.45, 2.75) is 32.9 Å². The van der Waals surface area contributed by atoms with E-state index >= 15 is 0 Å². The number of fused-ring (bicyclic) bond motifs is 1. The first-order valence-corrected chi connectivity index (χ1v) is 9.38. The van der Waals surface area contributed by atoms with Gasteiger partial charge >= 0.3 is 0 Å². The number of nitrogens with one attached hydrogen (secondary N) is 2. The summed E-state index contributed by atoms with van der Waals surface area (Å²) in [7, 11) is 0. The minimum Gasteiger partial charge on any atom is -0.378 e. The zero-order valence-corrected chi connectivity index (χ0v) is 16.0. The van der Waals surface area contributed by atoms with E-state index in [1.165, 1.54) is 5.56 Å². The van der Waals surface area contributed by atoms with Crippen LogP contribution in [-0.2, 0) is 13.1 Å². The number of anilines is 2. The summed E-state index contributed by atoms with van der Waals surface area (Å²) in [5.74, 6) is 1.80. The lowest BCUT2D eigenvalue weighted by Gasteiger charge is -2.12. The molecule has 0 fully saturated rings. The minimum atomic E-state index is 0.218. The number of aromatic nitrogens is 5. The number of nitrogens with zero attached hydrogens (tertiary/aromatic N) is 5. The van der Waals surface area contributed by atoms with Gasteiger partial charge in [-0.25, -0.2) is 0 Å². The lowest BCUT2D eigenvalue weighted by atomic mass is 10.2. The molecule has 3 aromatic heterocycles. The molecular formula is C21H23N7. The molecule has 28 heavy (non-hydrogen) atoms. The molecule has 7 heteroatoms. The summed E-state index contributed by atoms with van der Waals surface area (Å²) in [4.78, 5) is 4.35. The normalized spacial score (nSPS) is 11.1. The van der Waals surface area contributed by atoms with Gasteiger partial charge in [-0.1, -0.05) is 50.2 Å². The van der Waals surface area contributed by atoms with Gasteiger partial charge in [0, 0.05) is 24.7 Å². The van der Waals surface area contributed by atoms with E-state index < -0.39 is 0 Å². The first kappa shape index (κ1) is 17.9. The fourth-order valence-electron chi connectivity index (χ4n) is 2.95. The quantitative estimate of drug-likeness (QED) is 0.512. The van der Waals surface area contributed by atoms with Crippen LogP contribution in [0.1, 0.15) is 36.8 Å². The van der Waals surface area contributed by atoms with E-state index in [0.717, 1.165) is 28.7 Å². The zero-order valence-electron chi connectivity index (χ0n) is 16.0. The molecule has 4 aromatic rings. The van der Waals surface area contributed by atoms with Crippen LogP contribution in [0.2, 0.25) is 0 Å². The standard InChI is InChI=1S/C21H23N7/c1-15(2)20-25-26-21-18(23-13-16-8-4-3-5-9-16)12-19(27-28(20)21)24-14-17-10-6-7-11-22-17/h3-12,15,23H,13-14H2,1-2H3,(H,24,27). The second kappa shape index (κ2) is 8.04. The lowest BCUT2D eigenvalue weighted by molar-refractivity contribution is 0.721. The van der Waals surface area contributed by atoms with E-state index in [0.29, 0.717) is 13.1 Å². The fraction of sp³-hybridized carbons (Fsp3) is 0.238. The molecule has 0 aliphatic heterocycles. The molecule has 3 heterocycles. The molecule has 1 aromatic carbocycles. The van der Waals surface area contributed by atoms with Crippen LogP contribution in [0.4, 0.5) is 11.5 Å². The van der Waals surface area contributed by atoms with Gasteiger partial charge in [0.25, 0.3) is 0 Å². The number of hydrogen-bond acceptors (Lipinski definition) is 6. The highest BCUT2D eigenvalue weighted by Gasteiger charge is 2.15. The summed E-state index contributed by atoms with van der Waals surface area (Å²) in [5.41, 5.74) is 3.77. The van der Waals surface area contributed by atoms with Gasteiger partial charge in [-0.05, 0) is 17.7 Å². The van der Waals surface area contributed by atoms with Crippen LogP contribution in [-0.4, -0.2) is 24.8 Å². The van der Waals surface area contributed by atoms with Gasteiger partial charge < -0.3 is 10.6 Å². The Kier molecular flexibility index (Phi) is 5.14. The zero-order chi connectivity index (χ0) is 19.3. The van der Waals surface area contributed by atoms with Crippen molar-refractivity contribution in [1.29, 1.82) is 0 Å². The molecule has 0 aliphatic carbocycles. The molecule has 0 atom stereocenters. The molecule has 0 unspecified atom stereocenters. The van der Waals surface area contributed by atoms with Crippen LogP contribution in [0, 0.1) is 0 Å². The summed E-state index contributed by atoms with van der Waals surface area (Å²) < 4.78 is 1.82. The Hall–Kier alpha value is -3.48. The Morgan fingerprint density at radius 2 is 1.75 bits per heavy atom. The number of rotatable bonds is 7. The summed E-state index contributed by atoms with van der Waals surface area (Å²) in [6, 6.07) is 18.1. The topological polar surface area (TPSA) is 80.0 Å². The highest BCUT2D eigenvalue weighted by Crippen LogP contribution is 2.23. The Labute approximate surface area is 163 Å². The first-order chi connectivity index (χ1) is 13.7. The van der Waals surface area contributed by atoms with Crippen molar-refractivity contribution in [1.82, 2.24) is 24.8 Å². The molecule has 0 aliphatic rings. The average molecular weight is 373 g/mol. The Bertz CT molecular complexity index is 1040. The van der Waals surface area contributed by atoms with Gasteiger partial charge in [0.2, 0.25) is 5.65 Å². The molecule has 2 N–H and O–H groups in total. The van der Waals surface area contributed by atoms with Crippen molar-refractivity contribution in [3.63, 3.8) is 0 Å². The van der Waals surface area contributed by atoms with E-state index in [9.17, 15) is 0 Å². The molecule has 4 rings (SSSR count). The van der Waals surface area contributed by atoms with Gasteiger partial charge in [-0.15, -0.1) is 15.3 Å². The molecule has 142 valence electrons. The van der Waals surface area contributed by atoms with E-state index in [4.69, 9.17) is 5.10 Å². The van der Waals surface area contributed by atoms with Crippen LogP contribution in [0.25, 0.3) is 5.65 Å². The van der Waals surface area contributed by atoms with Crippen LogP contribution in [0.3, 0.4) is 0 Å². The Morgan fingerprint density at radius 1 is 0.929 bits per heavy atom. The summed E-state index contributed by atoms with van der Waals surface area (Å²) in [6.45, 7) is 5.47. The van der Waals surface area contributed by atoms with Crippen molar-refractivity contribution in [2.24, 2.45) is 0 Å². The molecule has 0 bridgehead atoms. The minimum absolute atomic E-state index is 0.218. The number of benzene rings is 1. The van der Waals surface area contributed by atoms with Gasteiger partial charge in [0.1, 0.15) is 5.82 Å². The predicted octanol–water partition coefficient (Wildman–Crippen LogP) is 3.87. The highest BCUT2D eigenvalue weighted by atomic mass is 15.4. The van der Waals surface area contributed by atoms with E-state index in [1.807, 2.05) is 47.0 Å². The average Bonchev–Trinajstić information content (AvgIpc) is 3.16. The maximum absolute atomic E-state index is 4.70. The van der Waals surface area contributed by atoms with E-state index in [2.05, 4.69) is 51.8 Å². The predicted molar refractivity (Wildman–Crippen MR) is 110 cm³/mol. The van der Waals surface area contributed by atoms with Crippen LogP contribution >= 0.6 is 0 Å². The SMILES string of the molecule is CC(C)c1nnc2c(NCc3ccccc3)cc(NCc3ccccn3)nn12. The van der Waals surface area contributed by atoms with Crippen LogP contribution < -0.4 is 10.6 Å². The third kappa shape index (κ3) is 3.93. The van der Waals surface area contributed by atoms with Crippen molar-refractivity contribution in [2.75, 3.05) is 10.6 Å². The highest BCUT2D eigenvalue weighted by molar-refractivity contribution is 5.70. The van der Waals surface area contributed by atoms with Gasteiger partial charge in [-0.3, -0.25) is 4.98 Å². The van der Waals surface area contributed by atoms with Crippen molar-refractivity contribution in [3.05, 3.63) is 77.9 Å². The molecule has 0 amide bonds. The van der Waals surface area contributed by atoms with Gasteiger partial charge in [-0.2, -0.15) is 4.52 Å². The molecular weight excluding hydrogens is 350 g/mol. The second-order valence-corrected chi connectivity index (χ2v) is 6.91. The number of pyridine rings is 1. The summed E-state index contributed by atoms with van der Waals surface area (Å²) >= 11 is 0. The Balaban J connectivity index is 1.64. The van der Waals surface area contributed by atoms with E-state index in [-0.39, 0.29) is 5.92 Å². The maximum Gasteiger partial charge on any atom is 0.201 e. The maximum atomic E-state index is 4.70. The fourth-order valence-corrected chi connectivity index (χ4v) is 2.95. The molecule has 0 radical (unpaired) electrons. The monoisotopic (exact) mass is 373 g/mol. The van der Waals surface area contributed by atoms with Crippen molar-refractivity contribution >= 4 is 17.2 Å². The smallest absolute Gasteiger partial charge is 0.201 e. The molecule has 0 saturated heterocycles. The molecule has 7 nitrogen and oxygen atoms in total. The first-order valence-electron chi connectivity index (χ1n) is 9.38. The van der Waals surface area contributed by atoms with Crippen molar-refractivity contribution in [3.8, 4) is 0 Å². The molecule has 0 spiro atoms. The van der Waals surface area contributed by atoms with Crippen LogP contribution in [0.5, 0.6) is 0 Å². The Morgan fingerprint density at radius 3 is 2.50 bits per heavy atom. The molecule has 0 saturated carbocycles. The number of hydrogen-bond donors (Lipinski definition) is 2. The second-order valence-electron chi connectivity index (χ2n) is 6.91. The van der Waals surface area contributed by atoms with Crippen molar-refractivity contribution < 1.29 is 0 Å². The summed E-state index contributed by atoms with van der Waals surface area (Å²) in [6.07, 6.45) is 1.79. The van der Waals surface area contributed by atoms with Crippen LogP contribution in [0.15, 0.2) is 60.8 Å². The van der Waals surface area contributed by atoms with Gasteiger partial charge in [0.15, 0.2) is 5.82 Å². The lowest BCUT2D eigenvalue weighted by Crippen LogP contribution is -2.10. The third-order valence-electron chi connectivity index (χ3n) is 4.41. The summed E-state index contributed by atoms with van der Waals surface area (Å²) in [5, 5.41) is 20.2. The van der Waals surface area contributed by atoms with E-state index in [1.54, 1.807) is 6.20 Å². The largest absolute Gasteiger partial charge is 0.378 e.